The highest BCUT2D eigenvalue weighted by atomic mass is 35.5. The molecule has 1 aromatic heterocycles. The van der Waals surface area contributed by atoms with Crippen molar-refractivity contribution >= 4 is 23.4 Å². The van der Waals surface area contributed by atoms with Gasteiger partial charge < -0.3 is 14.6 Å². The smallest absolute Gasteiger partial charge is 0.253 e. The van der Waals surface area contributed by atoms with Gasteiger partial charge in [-0.15, -0.1) is 0 Å². The van der Waals surface area contributed by atoms with E-state index in [1.54, 1.807) is 36.2 Å². The van der Waals surface area contributed by atoms with Crippen LogP contribution in [0.5, 0.6) is 0 Å². The van der Waals surface area contributed by atoms with Crippen LogP contribution in [0.3, 0.4) is 0 Å². The van der Waals surface area contributed by atoms with E-state index in [4.69, 9.17) is 16.0 Å². The van der Waals surface area contributed by atoms with Gasteiger partial charge in [-0.1, -0.05) is 54.1 Å². The second-order valence-electron chi connectivity index (χ2n) is 6.88. The van der Waals surface area contributed by atoms with Crippen LogP contribution in [0.4, 0.5) is 0 Å². The van der Waals surface area contributed by atoms with E-state index >= 15 is 0 Å². The Morgan fingerprint density at radius 3 is 2.38 bits per heavy atom. The van der Waals surface area contributed by atoms with Crippen molar-refractivity contribution in [2.24, 2.45) is 0 Å². The number of nitrogens with one attached hydrogen (secondary N) is 1. The summed E-state index contributed by atoms with van der Waals surface area (Å²) in [5.74, 6) is 1.10. The third-order valence-corrected chi connectivity index (χ3v) is 4.95. The summed E-state index contributed by atoms with van der Waals surface area (Å²) >= 11 is 6.15. The molecule has 0 saturated carbocycles. The minimum absolute atomic E-state index is 0.104. The molecule has 3 rings (SSSR count). The van der Waals surface area contributed by atoms with Crippen LogP contribution in [0.1, 0.15) is 39.9 Å². The lowest BCUT2D eigenvalue weighted by Crippen LogP contribution is -2.34. The van der Waals surface area contributed by atoms with E-state index in [1.165, 1.54) is 0 Å². The number of hydrogen-bond acceptors (Lipinski definition) is 3. The molecule has 0 unspecified atom stereocenters. The quantitative estimate of drug-likeness (QED) is 0.610. The molecule has 0 fully saturated rings. The van der Waals surface area contributed by atoms with Crippen LogP contribution in [0.2, 0.25) is 5.02 Å². The summed E-state index contributed by atoms with van der Waals surface area (Å²) in [7, 11) is 1.72. The fraction of sp³-hybridized carbons (Fsp3) is 0.217. The molecule has 0 bridgehead atoms. The minimum Gasteiger partial charge on any atom is -0.464 e. The molecule has 1 heterocycles. The van der Waals surface area contributed by atoms with Gasteiger partial charge in [0.2, 0.25) is 5.91 Å². The molecule has 0 aliphatic carbocycles. The van der Waals surface area contributed by atoms with Gasteiger partial charge in [-0.05, 0) is 36.8 Å². The Morgan fingerprint density at radius 2 is 1.72 bits per heavy atom. The molecule has 150 valence electrons. The molecule has 0 spiro atoms. The Morgan fingerprint density at radius 1 is 1.03 bits per heavy atom. The van der Waals surface area contributed by atoms with E-state index in [-0.39, 0.29) is 18.2 Å². The molecular formula is C23H23ClN2O3. The molecule has 0 aliphatic heterocycles. The Balaban J connectivity index is 1.74. The van der Waals surface area contributed by atoms with Gasteiger partial charge in [0.15, 0.2) is 0 Å². The first-order valence-corrected chi connectivity index (χ1v) is 9.71. The SMILES string of the molecule is Cc1ccc(CN(C)C(=O)C[C@@H](NC(=O)c2ccccc2Cl)c2ccccc2)o1. The Kier molecular flexibility index (Phi) is 6.73. The number of halogens is 1. The number of aryl methyl sites for hydroxylation is 1. The van der Waals surface area contributed by atoms with E-state index in [9.17, 15) is 9.59 Å². The van der Waals surface area contributed by atoms with Crippen molar-refractivity contribution in [1.82, 2.24) is 10.2 Å². The highest BCUT2D eigenvalue weighted by molar-refractivity contribution is 6.33. The lowest BCUT2D eigenvalue weighted by molar-refractivity contribution is -0.131. The van der Waals surface area contributed by atoms with E-state index in [2.05, 4.69) is 5.32 Å². The van der Waals surface area contributed by atoms with E-state index in [0.29, 0.717) is 17.1 Å². The first kappa shape index (κ1) is 20.7. The first-order valence-electron chi connectivity index (χ1n) is 9.33. The van der Waals surface area contributed by atoms with Crippen LogP contribution in [0, 0.1) is 6.92 Å². The normalized spacial score (nSPS) is 11.7. The zero-order chi connectivity index (χ0) is 20.8. The molecule has 2 amide bonds. The van der Waals surface area contributed by atoms with Crippen LogP contribution >= 0.6 is 11.6 Å². The van der Waals surface area contributed by atoms with Crippen molar-refractivity contribution < 1.29 is 14.0 Å². The molecule has 0 saturated heterocycles. The Bertz CT molecular complexity index is 985. The molecule has 1 N–H and O–H groups in total. The number of furan rings is 1. The second-order valence-corrected chi connectivity index (χ2v) is 7.29. The molecule has 0 radical (unpaired) electrons. The second kappa shape index (κ2) is 9.43. The topological polar surface area (TPSA) is 62.6 Å². The first-order chi connectivity index (χ1) is 13.9. The average molecular weight is 411 g/mol. The lowest BCUT2D eigenvalue weighted by Gasteiger charge is -2.23. The van der Waals surface area contributed by atoms with Crippen molar-refractivity contribution in [3.63, 3.8) is 0 Å². The number of benzene rings is 2. The lowest BCUT2D eigenvalue weighted by atomic mass is 10.0. The van der Waals surface area contributed by atoms with Crippen molar-refractivity contribution in [3.8, 4) is 0 Å². The number of amides is 2. The maximum atomic E-state index is 12.8. The molecule has 6 heteroatoms. The van der Waals surface area contributed by atoms with Gasteiger partial charge in [0.25, 0.3) is 5.91 Å². The van der Waals surface area contributed by atoms with Crippen molar-refractivity contribution in [2.45, 2.75) is 25.9 Å². The van der Waals surface area contributed by atoms with Gasteiger partial charge in [-0.3, -0.25) is 9.59 Å². The third-order valence-electron chi connectivity index (χ3n) is 4.62. The summed E-state index contributed by atoms with van der Waals surface area (Å²) in [5, 5.41) is 3.32. The van der Waals surface area contributed by atoms with Gasteiger partial charge in [0.05, 0.1) is 29.6 Å². The number of nitrogens with zero attached hydrogens (tertiary/aromatic N) is 1. The van der Waals surface area contributed by atoms with Crippen LogP contribution < -0.4 is 5.32 Å². The number of carbonyl (C=O) groups excluding carboxylic acids is 2. The fourth-order valence-corrected chi connectivity index (χ4v) is 3.26. The van der Waals surface area contributed by atoms with Crippen molar-refractivity contribution in [2.75, 3.05) is 7.05 Å². The zero-order valence-electron chi connectivity index (χ0n) is 16.4. The molecule has 3 aromatic rings. The molecule has 1 atom stereocenters. The molecular weight excluding hydrogens is 388 g/mol. The van der Waals surface area contributed by atoms with Crippen LogP contribution in [-0.4, -0.2) is 23.8 Å². The maximum absolute atomic E-state index is 12.8. The maximum Gasteiger partial charge on any atom is 0.253 e. The van der Waals surface area contributed by atoms with Gasteiger partial charge in [-0.2, -0.15) is 0 Å². The summed E-state index contributed by atoms with van der Waals surface area (Å²) < 4.78 is 5.55. The van der Waals surface area contributed by atoms with Gasteiger partial charge >= 0.3 is 0 Å². The molecule has 2 aromatic carbocycles. The minimum atomic E-state index is -0.478. The van der Waals surface area contributed by atoms with E-state index in [0.717, 1.165) is 17.1 Å². The predicted molar refractivity (Wildman–Crippen MR) is 113 cm³/mol. The molecule has 5 nitrogen and oxygen atoms in total. The summed E-state index contributed by atoms with van der Waals surface area (Å²) in [6.45, 7) is 2.23. The van der Waals surface area contributed by atoms with Crippen molar-refractivity contribution in [1.29, 1.82) is 0 Å². The summed E-state index contributed by atoms with van der Waals surface area (Å²) in [4.78, 5) is 27.2. The number of rotatable bonds is 7. The predicted octanol–water partition coefficient (Wildman–Crippen LogP) is 4.76. The molecule has 0 aliphatic rings. The highest BCUT2D eigenvalue weighted by Gasteiger charge is 2.22. The largest absolute Gasteiger partial charge is 0.464 e. The van der Waals surface area contributed by atoms with Gasteiger partial charge in [-0.25, -0.2) is 0 Å². The monoisotopic (exact) mass is 410 g/mol. The summed E-state index contributed by atoms with van der Waals surface area (Å²) in [6.07, 6.45) is 0.121. The fourth-order valence-electron chi connectivity index (χ4n) is 3.04. The van der Waals surface area contributed by atoms with Crippen LogP contribution in [0.15, 0.2) is 71.1 Å². The average Bonchev–Trinajstić information content (AvgIpc) is 3.12. The van der Waals surface area contributed by atoms with Crippen molar-refractivity contribution in [3.05, 3.63) is 94.4 Å². The summed E-state index contributed by atoms with van der Waals surface area (Å²) in [5.41, 5.74) is 1.23. The van der Waals surface area contributed by atoms with Gasteiger partial charge in [0.1, 0.15) is 11.5 Å². The zero-order valence-corrected chi connectivity index (χ0v) is 17.1. The van der Waals surface area contributed by atoms with Crippen LogP contribution in [-0.2, 0) is 11.3 Å². The Hall–Kier alpha value is -3.05. The van der Waals surface area contributed by atoms with E-state index < -0.39 is 6.04 Å². The summed E-state index contributed by atoms with van der Waals surface area (Å²) in [6, 6.07) is 19.5. The number of carbonyl (C=O) groups is 2. The van der Waals surface area contributed by atoms with E-state index in [1.807, 2.05) is 49.4 Å². The number of hydrogen-bond donors (Lipinski definition) is 1. The van der Waals surface area contributed by atoms with Gasteiger partial charge in [0, 0.05) is 7.05 Å². The highest BCUT2D eigenvalue weighted by Crippen LogP contribution is 2.21. The standard InChI is InChI=1S/C23H23ClN2O3/c1-16-12-13-18(29-16)15-26(2)22(27)14-21(17-8-4-3-5-9-17)25-23(28)19-10-6-7-11-20(19)24/h3-13,21H,14-15H2,1-2H3,(H,25,28)/t21-/m1/s1. The Labute approximate surface area is 175 Å². The third kappa shape index (κ3) is 5.48. The molecule has 29 heavy (non-hydrogen) atoms. The van der Waals surface area contributed by atoms with Crippen LogP contribution in [0.25, 0.3) is 0 Å².